The number of hydrogen-bond acceptors (Lipinski definition) is 3. The summed E-state index contributed by atoms with van der Waals surface area (Å²) in [5, 5.41) is 13.4. The van der Waals surface area contributed by atoms with Crippen LogP contribution in [0.1, 0.15) is 33.3 Å². The predicted molar refractivity (Wildman–Crippen MR) is 70.4 cm³/mol. The van der Waals surface area contributed by atoms with Crippen LogP contribution < -0.4 is 10.1 Å². The third kappa shape index (κ3) is 3.93. The summed E-state index contributed by atoms with van der Waals surface area (Å²) < 4.78 is 5.35. The zero-order valence-electron chi connectivity index (χ0n) is 11.2. The van der Waals surface area contributed by atoms with Crippen LogP contribution in [0.3, 0.4) is 0 Å². The van der Waals surface area contributed by atoms with Gasteiger partial charge in [0.15, 0.2) is 11.5 Å². The average Bonchev–Trinajstić information content (AvgIpc) is 2.30. The third-order valence-electron chi connectivity index (χ3n) is 3.00. The van der Waals surface area contributed by atoms with Crippen LogP contribution >= 0.6 is 0 Å². The normalized spacial score (nSPS) is 12.8. The van der Waals surface area contributed by atoms with Crippen molar-refractivity contribution in [1.29, 1.82) is 0 Å². The summed E-state index contributed by atoms with van der Waals surface area (Å²) in [6.07, 6.45) is 0. The molecule has 0 radical (unpaired) electrons. The van der Waals surface area contributed by atoms with E-state index in [0.29, 0.717) is 30.9 Å². The molecule has 0 heterocycles. The van der Waals surface area contributed by atoms with Crippen LogP contribution in [0.4, 0.5) is 0 Å². The zero-order valence-corrected chi connectivity index (χ0v) is 11.2. The second-order valence-electron chi connectivity index (χ2n) is 4.61. The first-order valence-electron chi connectivity index (χ1n) is 6.23. The van der Waals surface area contributed by atoms with Crippen molar-refractivity contribution in [3.8, 4) is 11.5 Å². The molecule has 96 valence electrons. The first kappa shape index (κ1) is 13.8. The number of hydrogen-bond donors (Lipinski definition) is 2. The van der Waals surface area contributed by atoms with Crippen molar-refractivity contribution in [2.45, 2.75) is 40.3 Å². The topological polar surface area (TPSA) is 41.5 Å². The molecule has 1 aromatic carbocycles. The lowest BCUT2D eigenvalue weighted by molar-refractivity contribution is 0.315. The van der Waals surface area contributed by atoms with Gasteiger partial charge in [-0.3, -0.25) is 0 Å². The van der Waals surface area contributed by atoms with Crippen LogP contribution in [-0.4, -0.2) is 17.8 Å². The SMILES string of the molecule is CCOc1cccc(CNC(C)C(C)C)c1O. The molecule has 0 spiro atoms. The number of aromatic hydroxyl groups is 1. The molecule has 17 heavy (non-hydrogen) atoms. The van der Waals surface area contributed by atoms with Crippen LogP contribution in [0.5, 0.6) is 11.5 Å². The van der Waals surface area contributed by atoms with E-state index in [2.05, 4.69) is 26.1 Å². The van der Waals surface area contributed by atoms with Gasteiger partial charge < -0.3 is 15.2 Å². The molecular weight excluding hydrogens is 214 g/mol. The minimum absolute atomic E-state index is 0.248. The summed E-state index contributed by atoms with van der Waals surface area (Å²) in [7, 11) is 0. The quantitative estimate of drug-likeness (QED) is 0.799. The molecule has 3 nitrogen and oxygen atoms in total. The Morgan fingerprint density at radius 2 is 2.00 bits per heavy atom. The molecule has 1 aromatic rings. The Hall–Kier alpha value is -1.22. The number of phenolic OH excluding ortho intramolecular Hbond substituents is 1. The maximum atomic E-state index is 10.0. The van der Waals surface area contributed by atoms with E-state index < -0.39 is 0 Å². The average molecular weight is 237 g/mol. The molecule has 1 rings (SSSR count). The van der Waals surface area contributed by atoms with Crippen molar-refractivity contribution >= 4 is 0 Å². The lowest BCUT2D eigenvalue weighted by Gasteiger charge is -2.18. The number of benzene rings is 1. The molecule has 0 aliphatic rings. The molecule has 0 amide bonds. The third-order valence-corrected chi connectivity index (χ3v) is 3.00. The van der Waals surface area contributed by atoms with Crippen LogP contribution in [0.25, 0.3) is 0 Å². The highest BCUT2D eigenvalue weighted by atomic mass is 16.5. The summed E-state index contributed by atoms with van der Waals surface area (Å²) in [4.78, 5) is 0. The van der Waals surface area contributed by atoms with E-state index in [1.165, 1.54) is 0 Å². The van der Waals surface area contributed by atoms with Crippen LogP contribution in [0.15, 0.2) is 18.2 Å². The second kappa shape index (κ2) is 6.50. The van der Waals surface area contributed by atoms with Crippen LogP contribution in [0, 0.1) is 5.92 Å². The minimum atomic E-state index is 0.248. The van der Waals surface area contributed by atoms with Crippen molar-refractivity contribution in [3.63, 3.8) is 0 Å². The van der Waals surface area contributed by atoms with Gasteiger partial charge >= 0.3 is 0 Å². The predicted octanol–water partition coefficient (Wildman–Crippen LogP) is 2.93. The number of para-hydroxylation sites is 1. The Morgan fingerprint density at radius 3 is 2.59 bits per heavy atom. The van der Waals surface area contributed by atoms with Gasteiger partial charge in [-0.15, -0.1) is 0 Å². The summed E-state index contributed by atoms with van der Waals surface area (Å²) >= 11 is 0. The first-order chi connectivity index (χ1) is 8.06. The van der Waals surface area contributed by atoms with Crippen molar-refractivity contribution in [2.75, 3.05) is 6.61 Å². The molecule has 0 fully saturated rings. The molecule has 2 N–H and O–H groups in total. The summed E-state index contributed by atoms with van der Waals surface area (Å²) in [5.41, 5.74) is 0.878. The number of phenols is 1. The second-order valence-corrected chi connectivity index (χ2v) is 4.61. The Morgan fingerprint density at radius 1 is 1.29 bits per heavy atom. The van der Waals surface area contributed by atoms with E-state index in [-0.39, 0.29) is 5.75 Å². The number of ether oxygens (including phenoxy) is 1. The number of nitrogens with one attached hydrogen (secondary N) is 1. The molecule has 1 unspecified atom stereocenters. The van der Waals surface area contributed by atoms with E-state index in [9.17, 15) is 5.11 Å². The van der Waals surface area contributed by atoms with Gasteiger partial charge in [0.25, 0.3) is 0 Å². The molecule has 0 aliphatic heterocycles. The van der Waals surface area contributed by atoms with Gasteiger partial charge in [0, 0.05) is 18.2 Å². The Balaban J connectivity index is 2.68. The molecule has 0 saturated heterocycles. The fourth-order valence-corrected chi connectivity index (χ4v) is 1.49. The smallest absolute Gasteiger partial charge is 0.162 e. The lowest BCUT2D eigenvalue weighted by Crippen LogP contribution is -2.30. The van der Waals surface area contributed by atoms with E-state index >= 15 is 0 Å². The Bertz CT molecular complexity index is 350. The lowest BCUT2D eigenvalue weighted by atomic mass is 10.1. The fraction of sp³-hybridized carbons (Fsp3) is 0.571. The first-order valence-corrected chi connectivity index (χ1v) is 6.23. The van der Waals surface area contributed by atoms with Crippen LogP contribution in [0.2, 0.25) is 0 Å². The molecule has 3 heteroatoms. The molecule has 0 aliphatic carbocycles. The highest BCUT2D eigenvalue weighted by molar-refractivity contribution is 5.45. The van der Waals surface area contributed by atoms with E-state index in [4.69, 9.17) is 4.74 Å². The zero-order chi connectivity index (χ0) is 12.8. The summed E-state index contributed by atoms with van der Waals surface area (Å²) in [6.45, 7) is 9.63. The highest BCUT2D eigenvalue weighted by Gasteiger charge is 2.10. The van der Waals surface area contributed by atoms with Gasteiger partial charge in [0.1, 0.15) is 0 Å². The van der Waals surface area contributed by atoms with Crippen molar-refractivity contribution in [1.82, 2.24) is 5.32 Å². The number of rotatable bonds is 6. The van der Waals surface area contributed by atoms with Gasteiger partial charge in [-0.05, 0) is 25.8 Å². The summed E-state index contributed by atoms with van der Waals surface area (Å²) in [5.74, 6) is 1.38. The molecular formula is C14H23NO2. The fourth-order valence-electron chi connectivity index (χ4n) is 1.49. The molecule has 1 atom stereocenters. The maximum Gasteiger partial charge on any atom is 0.162 e. The van der Waals surface area contributed by atoms with Crippen molar-refractivity contribution in [2.24, 2.45) is 5.92 Å². The molecule has 0 bridgehead atoms. The van der Waals surface area contributed by atoms with E-state index in [0.717, 1.165) is 5.56 Å². The standard InChI is InChI=1S/C14H23NO2/c1-5-17-13-8-6-7-12(14(13)16)9-15-11(4)10(2)3/h6-8,10-11,15-16H,5,9H2,1-4H3. The Labute approximate surface area is 104 Å². The highest BCUT2D eigenvalue weighted by Crippen LogP contribution is 2.29. The largest absolute Gasteiger partial charge is 0.504 e. The minimum Gasteiger partial charge on any atom is -0.504 e. The van der Waals surface area contributed by atoms with E-state index in [1.807, 2.05) is 19.1 Å². The van der Waals surface area contributed by atoms with Gasteiger partial charge in [-0.25, -0.2) is 0 Å². The van der Waals surface area contributed by atoms with Crippen LogP contribution in [-0.2, 0) is 6.54 Å². The van der Waals surface area contributed by atoms with E-state index in [1.54, 1.807) is 6.07 Å². The molecule has 0 aromatic heterocycles. The van der Waals surface area contributed by atoms with Gasteiger partial charge in [-0.1, -0.05) is 26.0 Å². The molecule has 0 saturated carbocycles. The van der Waals surface area contributed by atoms with Crippen molar-refractivity contribution < 1.29 is 9.84 Å². The maximum absolute atomic E-state index is 10.0. The monoisotopic (exact) mass is 237 g/mol. The van der Waals surface area contributed by atoms with Crippen molar-refractivity contribution in [3.05, 3.63) is 23.8 Å². The summed E-state index contributed by atoms with van der Waals surface area (Å²) in [6, 6.07) is 6.03. The Kier molecular flexibility index (Phi) is 5.29. The van der Waals surface area contributed by atoms with Gasteiger partial charge in [-0.2, -0.15) is 0 Å². The van der Waals surface area contributed by atoms with Gasteiger partial charge in [0.05, 0.1) is 6.61 Å². The van der Waals surface area contributed by atoms with Gasteiger partial charge in [0.2, 0.25) is 0 Å².